The first-order valence-electron chi connectivity index (χ1n) is 6.91. The topological polar surface area (TPSA) is 80.9 Å². The number of aryl methyl sites for hydroxylation is 3. The van der Waals surface area contributed by atoms with Gasteiger partial charge in [0.15, 0.2) is 5.58 Å². The summed E-state index contributed by atoms with van der Waals surface area (Å²) in [5, 5.41) is 4.44. The Kier molecular flexibility index (Phi) is 3.40. The van der Waals surface area contributed by atoms with Crippen molar-refractivity contribution in [3.05, 3.63) is 55.5 Å². The summed E-state index contributed by atoms with van der Waals surface area (Å²) < 4.78 is 44.0. The van der Waals surface area contributed by atoms with Gasteiger partial charge in [0.1, 0.15) is 5.69 Å². The van der Waals surface area contributed by atoms with Crippen LogP contribution in [0.1, 0.15) is 22.5 Å². The number of halogens is 3. The monoisotopic (exact) mass is 339 g/mol. The molecule has 1 aromatic carbocycles. The first kappa shape index (κ1) is 16.0. The van der Waals surface area contributed by atoms with Crippen molar-refractivity contribution < 1.29 is 17.7 Å². The van der Waals surface area contributed by atoms with Crippen molar-refractivity contribution in [2.75, 3.05) is 0 Å². The summed E-state index contributed by atoms with van der Waals surface area (Å²) >= 11 is 0. The SMILES string of the molecule is Cc1cc2onc(C)c2c(C)c1-n1c(=O)cc(C(F)(F)F)[nH]c1=O. The fourth-order valence-corrected chi connectivity index (χ4v) is 2.82. The van der Waals surface area contributed by atoms with Crippen molar-refractivity contribution in [2.45, 2.75) is 26.9 Å². The van der Waals surface area contributed by atoms with Crippen LogP contribution in [0.3, 0.4) is 0 Å². The van der Waals surface area contributed by atoms with E-state index < -0.39 is 23.1 Å². The molecular weight excluding hydrogens is 327 g/mol. The van der Waals surface area contributed by atoms with Gasteiger partial charge in [-0.3, -0.25) is 4.79 Å². The Balaban J connectivity index is 2.39. The van der Waals surface area contributed by atoms with Crippen molar-refractivity contribution in [2.24, 2.45) is 0 Å². The van der Waals surface area contributed by atoms with Gasteiger partial charge in [0.2, 0.25) is 0 Å². The summed E-state index contributed by atoms with van der Waals surface area (Å²) in [4.78, 5) is 26.0. The minimum Gasteiger partial charge on any atom is -0.356 e. The number of nitrogens with zero attached hydrogens (tertiary/aromatic N) is 2. The molecule has 0 radical (unpaired) electrons. The van der Waals surface area contributed by atoms with E-state index in [0.717, 1.165) is 0 Å². The number of rotatable bonds is 1. The molecule has 0 aliphatic rings. The molecule has 0 amide bonds. The quantitative estimate of drug-likeness (QED) is 0.739. The zero-order valence-corrected chi connectivity index (χ0v) is 12.9. The molecule has 0 fully saturated rings. The molecule has 0 atom stereocenters. The molecule has 3 aromatic rings. The second-order valence-electron chi connectivity index (χ2n) is 5.47. The average molecular weight is 339 g/mol. The maximum absolute atomic E-state index is 12.7. The van der Waals surface area contributed by atoms with Crippen LogP contribution in [0.2, 0.25) is 0 Å². The lowest BCUT2D eigenvalue weighted by atomic mass is 10.0. The predicted octanol–water partition coefficient (Wildman–Crippen LogP) is 2.61. The van der Waals surface area contributed by atoms with Crippen LogP contribution in [-0.4, -0.2) is 14.7 Å². The number of fused-ring (bicyclic) bond motifs is 1. The highest BCUT2D eigenvalue weighted by molar-refractivity contribution is 5.87. The number of alkyl halides is 3. The van der Waals surface area contributed by atoms with Crippen LogP contribution in [0.15, 0.2) is 26.2 Å². The second kappa shape index (κ2) is 5.08. The van der Waals surface area contributed by atoms with Crippen LogP contribution in [0.25, 0.3) is 16.7 Å². The minimum absolute atomic E-state index is 0.216. The molecule has 3 rings (SSSR count). The number of hydrogen-bond acceptors (Lipinski definition) is 4. The van der Waals surface area contributed by atoms with Gasteiger partial charge < -0.3 is 9.51 Å². The van der Waals surface area contributed by atoms with E-state index in [0.29, 0.717) is 38.4 Å². The Bertz CT molecular complexity index is 1040. The molecule has 6 nitrogen and oxygen atoms in total. The Hall–Kier alpha value is -2.84. The third kappa shape index (κ3) is 2.32. The molecule has 0 bridgehead atoms. The standard InChI is InChI=1S/C15H12F3N3O3/c1-6-4-9-12(8(3)20-24-9)7(2)13(6)21-11(22)5-10(15(16,17)18)19-14(21)23/h4-5H,1-3H3,(H,19,23). The summed E-state index contributed by atoms with van der Waals surface area (Å²) in [6, 6.07) is 1.95. The lowest BCUT2D eigenvalue weighted by Gasteiger charge is -2.13. The van der Waals surface area contributed by atoms with E-state index in [2.05, 4.69) is 5.16 Å². The molecule has 0 saturated carbocycles. The average Bonchev–Trinajstić information content (AvgIpc) is 2.81. The second-order valence-corrected chi connectivity index (χ2v) is 5.47. The summed E-state index contributed by atoms with van der Waals surface area (Å²) in [6.07, 6.45) is -4.81. The summed E-state index contributed by atoms with van der Waals surface area (Å²) in [5.41, 5.74) is -1.33. The summed E-state index contributed by atoms with van der Waals surface area (Å²) in [5.74, 6) is 0. The zero-order valence-electron chi connectivity index (χ0n) is 12.9. The Labute approximate surface area is 132 Å². The van der Waals surface area contributed by atoms with Gasteiger partial charge in [0.05, 0.1) is 11.4 Å². The fourth-order valence-electron chi connectivity index (χ4n) is 2.82. The van der Waals surface area contributed by atoms with E-state index in [9.17, 15) is 22.8 Å². The number of aromatic amines is 1. The number of aromatic nitrogens is 3. The van der Waals surface area contributed by atoms with E-state index in [4.69, 9.17) is 4.52 Å². The van der Waals surface area contributed by atoms with Gasteiger partial charge in [-0.15, -0.1) is 0 Å². The number of hydrogen-bond donors (Lipinski definition) is 1. The highest BCUT2D eigenvalue weighted by atomic mass is 19.4. The largest absolute Gasteiger partial charge is 0.431 e. The Morgan fingerprint density at radius 2 is 1.83 bits per heavy atom. The van der Waals surface area contributed by atoms with E-state index in [1.807, 2.05) is 0 Å². The van der Waals surface area contributed by atoms with Crippen molar-refractivity contribution in [3.63, 3.8) is 0 Å². The molecule has 126 valence electrons. The van der Waals surface area contributed by atoms with E-state index in [-0.39, 0.29) is 5.69 Å². The van der Waals surface area contributed by atoms with Crippen LogP contribution in [0, 0.1) is 20.8 Å². The lowest BCUT2D eigenvalue weighted by molar-refractivity contribution is -0.141. The number of benzene rings is 1. The molecule has 24 heavy (non-hydrogen) atoms. The zero-order chi connectivity index (χ0) is 17.8. The number of H-pyrrole nitrogens is 1. The van der Waals surface area contributed by atoms with E-state index >= 15 is 0 Å². The van der Waals surface area contributed by atoms with Crippen molar-refractivity contribution in [3.8, 4) is 5.69 Å². The molecule has 2 heterocycles. The van der Waals surface area contributed by atoms with Crippen molar-refractivity contribution in [1.29, 1.82) is 0 Å². The van der Waals surface area contributed by atoms with Gasteiger partial charge in [-0.25, -0.2) is 9.36 Å². The van der Waals surface area contributed by atoms with Gasteiger partial charge in [-0.1, -0.05) is 5.16 Å². The molecular formula is C15H12F3N3O3. The van der Waals surface area contributed by atoms with Crippen LogP contribution in [0.5, 0.6) is 0 Å². The minimum atomic E-state index is -4.81. The van der Waals surface area contributed by atoms with Crippen LogP contribution in [-0.2, 0) is 6.18 Å². The van der Waals surface area contributed by atoms with Gasteiger partial charge in [-0.2, -0.15) is 13.2 Å². The smallest absolute Gasteiger partial charge is 0.356 e. The highest BCUT2D eigenvalue weighted by Crippen LogP contribution is 2.29. The Morgan fingerprint density at radius 3 is 2.42 bits per heavy atom. The molecule has 0 spiro atoms. The molecule has 2 aromatic heterocycles. The predicted molar refractivity (Wildman–Crippen MR) is 79.4 cm³/mol. The van der Waals surface area contributed by atoms with Gasteiger partial charge in [0.25, 0.3) is 5.56 Å². The fraction of sp³-hybridized carbons (Fsp3) is 0.267. The van der Waals surface area contributed by atoms with E-state index in [1.54, 1.807) is 31.8 Å². The molecule has 1 N–H and O–H groups in total. The van der Waals surface area contributed by atoms with Crippen LogP contribution < -0.4 is 11.2 Å². The van der Waals surface area contributed by atoms with Crippen LogP contribution >= 0.6 is 0 Å². The molecule has 0 unspecified atom stereocenters. The maximum Gasteiger partial charge on any atom is 0.431 e. The molecule has 0 aliphatic heterocycles. The molecule has 9 heteroatoms. The first-order valence-corrected chi connectivity index (χ1v) is 6.91. The van der Waals surface area contributed by atoms with E-state index in [1.165, 1.54) is 0 Å². The lowest BCUT2D eigenvalue weighted by Crippen LogP contribution is -2.36. The van der Waals surface area contributed by atoms with Gasteiger partial charge in [0, 0.05) is 11.5 Å². The summed E-state index contributed by atoms with van der Waals surface area (Å²) in [6.45, 7) is 4.97. The van der Waals surface area contributed by atoms with Crippen LogP contribution in [0.4, 0.5) is 13.2 Å². The highest BCUT2D eigenvalue weighted by Gasteiger charge is 2.33. The summed E-state index contributed by atoms with van der Waals surface area (Å²) in [7, 11) is 0. The van der Waals surface area contributed by atoms with Crippen molar-refractivity contribution in [1.82, 2.24) is 14.7 Å². The van der Waals surface area contributed by atoms with Gasteiger partial charge in [-0.05, 0) is 38.0 Å². The molecule has 0 saturated heterocycles. The first-order chi connectivity index (χ1) is 11.1. The maximum atomic E-state index is 12.7. The van der Waals surface area contributed by atoms with Gasteiger partial charge >= 0.3 is 11.9 Å². The third-order valence-electron chi connectivity index (χ3n) is 3.80. The third-order valence-corrected chi connectivity index (χ3v) is 3.80. The number of nitrogens with one attached hydrogen (secondary N) is 1. The normalized spacial score (nSPS) is 12.1. The Morgan fingerprint density at radius 1 is 1.17 bits per heavy atom. The molecule has 0 aliphatic carbocycles. The van der Waals surface area contributed by atoms with Crippen molar-refractivity contribution >= 4 is 11.0 Å².